The number of carbonyl (C=O) groups excluding carboxylic acids is 1. The number of aromatic nitrogens is 3. The van der Waals surface area contributed by atoms with Gasteiger partial charge < -0.3 is 0 Å². The minimum Gasteiger partial charge on any atom is -0.293 e. The van der Waals surface area contributed by atoms with Crippen molar-refractivity contribution in [3.05, 3.63) is 65.6 Å². The molecule has 5 heteroatoms. The van der Waals surface area contributed by atoms with Gasteiger partial charge in [0.1, 0.15) is 6.07 Å². The van der Waals surface area contributed by atoms with E-state index in [9.17, 15) is 10.1 Å². The molecule has 5 rings (SSSR count). The summed E-state index contributed by atoms with van der Waals surface area (Å²) in [5.74, 6) is 0.0451. The average molecular weight is 382 g/mol. The molecule has 29 heavy (non-hydrogen) atoms. The van der Waals surface area contributed by atoms with Crippen LogP contribution in [0.5, 0.6) is 0 Å². The maximum absolute atomic E-state index is 12.9. The van der Waals surface area contributed by atoms with Crippen molar-refractivity contribution in [1.82, 2.24) is 14.6 Å². The molecule has 0 saturated heterocycles. The lowest BCUT2D eigenvalue weighted by Crippen LogP contribution is -2.51. The molecule has 144 valence electrons. The Labute approximate surface area is 169 Å². The highest BCUT2D eigenvalue weighted by Crippen LogP contribution is 2.54. The predicted octanol–water partition coefficient (Wildman–Crippen LogP) is 4.28. The Kier molecular flexibility index (Phi) is 3.61. The lowest BCUT2D eigenvalue weighted by molar-refractivity contribution is -0.128. The summed E-state index contributed by atoms with van der Waals surface area (Å²) in [7, 11) is 0. The second-order valence-electron chi connectivity index (χ2n) is 8.89. The Bertz CT molecular complexity index is 1230. The number of rotatable bonds is 1. The summed E-state index contributed by atoms with van der Waals surface area (Å²) in [6.07, 6.45) is 7.43. The van der Waals surface area contributed by atoms with Crippen LogP contribution in [-0.2, 0) is 16.6 Å². The fourth-order valence-electron chi connectivity index (χ4n) is 5.54. The van der Waals surface area contributed by atoms with E-state index in [-0.39, 0.29) is 17.3 Å². The predicted molar refractivity (Wildman–Crippen MR) is 110 cm³/mol. The molecule has 2 heterocycles. The first-order valence-corrected chi connectivity index (χ1v) is 9.97. The van der Waals surface area contributed by atoms with Crippen LogP contribution >= 0.6 is 0 Å². The van der Waals surface area contributed by atoms with E-state index in [1.165, 1.54) is 0 Å². The van der Waals surface area contributed by atoms with Crippen molar-refractivity contribution in [3.8, 4) is 17.2 Å². The zero-order valence-electron chi connectivity index (χ0n) is 16.8. The molecule has 0 bridgehead atoms. The van der Waals surface area contributed by atoms with Crippen LogP contribution in [0, 0.1) is 22.7 Å². The topological polar surface area (TPSA) is 71.0 Å². The number of hydrogen-bond donors (Lipinski definition) is 0. The molecule has 0 aliphatic heterocycles. The average Bonchev–Trinajstić information content (AvgIpc) is 3.15. The van der Waals surface area contributed by atoms with Gasteiger partial charge in [0.15, 0.2) is 11.4 Å². The van der Waals surface area contributed by atoms with E-state index in [2.05, 4.69) is 25.1 Å². The third-order valence-corrected chi connectivity index (χ3v) is 6.89. The van der Waals surface area contributed by atoms with Gasteiger partial charge in [0.05, 0.1) is 17.5 Å². The van der Waals surface area contributed by atoms with Gasteiger partial charge in [-0.1, -0.05) is 57.2 Å². The van der Waals surface area contributed by atoms with Crippen LogP contribution in [0.2, 0.25) is 0 Å². The number of aryl methyl sites for hydroxylation is 1. The summed E-state index contributed by atoms with van der Waals surface area (Å²) in [5, 5.41) is 14.4. The lowest BCUT2D eigenvalue weighted by atomic mass is 9.52. The van der Waals surface area contributed by atoms with Crippen molar-refractivity contribution in [1.29, 1.82) is 5.26 Å². The van der Waals surface area contributed by atoms with Crippen molar-refractivity contribution in [3.63, 3.8) is 0 Å². The van der Waals surface area contributed by atoms with E-state index < -0.39 is 10.8 Å². The van der Waals surface area contributed by atoms with Crippen molar-refractivity contribution in [2.75, 3.05) is 0 Å². The Morgan fingerprint density at radius 1 is 1.17 bits per heavy atom. The molecule has 2 aliphatic carbocycles. The quantitative estimate of drug-likeness (QED) is 0.630. The SMILES string of the molecule is CC1(C)C(=O)C(C#N)=CC2(C)c3c(cnc4c(-c5ccccc5)cnn34)CCC12. The molecule has 0 amide bonds. The van der Waals surface area contributed by atoms with Gasteiger partial charge in [-0.05, 0) is 29.9 Å². The Morgan fingerprint density at radius 2 is 1.93 bits per heavy atom. The van der Waals surface area contributed by atoms with Gasteiger partial charge in [-0.3, -0.25) is 4.79 Å². The second-order valence-corrected chi connectivity index (χ2v) is 8.89. The van der Waals surface area contributed by atoms with Crippen LogP contribution in [0.3, 0.4) is 0 Å². The molecule has 0 saturated carbocycles. The second kappa shape index (κ2) is 5.87. The zero-order chi connectivity index (χ0) is 20.4. The molecule has 2 unspecified atom stereocenters. The molecule has 0 spiro atoms. The molecule has 2 aromatic heterocycles. The first kappa shape index (κ1) is 17.8. The normalized spacial score (nSPS) is 25.1. The highest BCUT2D eigenvalue weighted by Gasteiger charge is 2.55. The number of fused-ring (bicyclic) bond motifs is 5. The van der Waals surface area contributed by atoms with Gasteiger partial charge in [0.25, 0.3) is 0 Å². The summed E-state index contributed by atoms with van der Waals surface area (Å²) >= 11 is 0. The van der Waals surface area contributed by atoms with Gasteiger partial charge in [-0.15, -0.1) is 0 Å². The Balaban J connectivity index is 1.81. The number of nitrogens with zero attached hydrogens (tertiary/aromatic N) is 4. The Morgan fingerprint density at radius 3 is 2.66 bits per heavy atom. The maximum atomic E-state index is 12.9. The minimum absolute atomic E-state index is 0.0540. The third-order valence-electron chi connectivity index (χ3n) is 6.89. The first-order chi connectivity index (χ1) is 13.9. The molecular weight excluding hydrogens is 360 g/mol. The van der Waals surface area contributed by atoms with Gasteiger partial charge in [-0.2, -0.15) is 10.4 Å². The number of carbonyl (C=O) groups is 1. The van der Waals surface area contributed by atoms with Crippen LogP contribution in [-0.4, -0.2) is 20.4 Å². The number of ketones is 1. The summed E-state index contributed by atoms with van der Waals surface area (Å²) in [6, 6.07) is 12.3. The fourth-order valence-corrected chi connectivity index (χ4v) is 5.54. The number of benzene rings is 1. The van der Waals surface area contributed by atoms with E-state index in [1.807, 2.05) is 55.0 Å². The van der Waals surface area contributed by atoms with Crippen LogP contribution in [0.1, 0.15) is 38.4 Å². The molecular formula is C24H22N4O. The molecule has 5 nitrogen and oxygen atoms in total. The van der Waals surface area contributed by atoms with Crippen LogP contribution in [0.4, 0.5) is 0 Å². The molecule has 0 radical (unpaired) electrons. The van der Waals surface area contributed by atoms with Gasteiger partial charge in [-0.25, -0.2) is 9.50 Å². The number of hydrogen-bond acceptors (Lipinski definition) is 4. The highest BCUT2D eigenvalue weighted by atomic mass is 16.1. The van der Waals surface area contributed by atoms with Gasteiger partial charge >= 0.3 is 0 Å². The van der Waals surface area contributed by atoms with E-state index in [4.69, 9.17) is 10.1 Å². The summed E-state index contributed by atoms with van der Waals surface area (Å²) in [5.41, 5.74) is 4.23. The zero-order valence-corrected chi connectivity index (χ0v) is 16.8. The smallest absolute Gasteiger partial charge is 0.178 e. The molecule has 3 aromatic rings. The van der Waals surface area contributed by atoms with Crippen LogP contribution < -0.4 is 0 Å². The van der Waals surface area contributed by atoms with Crippen molar-refractivity contribution >= 4 is 11.4 Å². The third kappa shape index (κ3) is 2.29. The largest absolute Gasteiger partial charge is 0.293 e. The lowest BCUT2D eigenvalue weighted by Gasteiger charge is -2.50. The molecule has 0 N–H and O–H groups in total. The van der Waals surface area contributed by atoms with Crippen LogP contribution in [0.15, 0.2) is 54.4 Å². The van der Waals surface area contributed by atoms with E-state index in [0.717, 1.165) is 40.9 Å². The monoisotopic (exact) mass is 382 g/mol. The van der Waals surface area contributed by atoms with Crippen LogP contribution in [0.25, 0.3) is 16.8 Å². The summed E-state index contributed by atoms with van der Waals surface area (Å²) < 4.78 is 1.93. The summed E-state index contributed by atoms with van der Waals surface area (Å²) in [6.45, 7) is 6.10. The maximum Gasteiger partial charge on any atom is 0.178 e. The molecule has 1 aromatic carbocycles. The molecule has 2 atom stereocenters. The highest BCUT2D eigenvalue weighted by molar-refractivity contribution is 6.04. The fraction of sp³-hybridized carbons (Fsp3) is 0.333. The molecule has 2 aliphatic rings. The minimum atomic E-state index is -0.600. The van der Waals surface area contributed by atoms with E-state index in [1.54, 1.807) is 0 Å². The summed E-state index contributed by atoms with van der Waals surface area (Å²) in [4.78, 5) is 17.7. The van der Waals surface area contributed by atoms with Gasteiger partial charge in [0.2, 0.25) is 0 Å². The van der Waals surface area contributed by atoms with Crippen molar-refractivity contribution < 1.29 is 4.79 Å². The number of Topliss-reactive ketones (excluding diaryl/α,β-unsaturated/α-hetero) is 1. The van der Waals surface area contributed by atoms with Gasteiger partial charge in [0, 0.05) is 22.6 Å². The van der Waals surface area contributed by atoms with E-state index >= 15 is 0 Å². The van der Waals surface area contributed by atoms with E-state index in [0.29, 0.717) is 0 Å². The van der Waals surface area contributed by atoms with Crippen molar-refractivity contribution in [2.45, 2.75) is 39.0 Å². The Hall–Kier alpha value is -3.26. The first-order valence-electron chi connectivity index (χ1n) is 9.97. The molecule has 0 fully saturated rings. The van der Waals surface area contributed by atoms with Crippen molar-refractivity contribution in [2.24, 2.45) is 11.3 Å². The number of allylic oxidation sites excluding steroid dienone is 2. The standard InChI is InChI=1S/C24H22N4O/c1-23(2)19-10-9-16-13-26-22-18(15-7-5-4-6-8-15)14-27-28(22)20(16)24(19,3)11-17(12-25)21(23)29/h4-8,11,13-14,19H,9-10H2,1-3H3. The number of nitriles is 1.